The number of aliphatic carboxylic acids is 1. The molecule has 0 aromatic rings. The Balaban J connectivity index is 2.79. The molecular formula is C12H18F3NO3. The monoisotopic (exact) mass is 281 g/mol. The van der Waals surface area contributed by atoms with Crippen molar-refractivity contribution in [1.29, 1.82) is 0 Å². The van der Waals surface area contributed by atoms with Gasteiger partial charge in [0.05, 0.1) is 0 Å². The molecule has 4 nitrogen and oxygen atoms in total. The number of hydrogen-bond acceptors (Lipinski definition) is 2. The maximum Gasteiger partial charge on any atom is 0.408 e. The zero-order valence-electron chi connectivity index (χ0n) is 11.1. The van der Waals surface area contributed by atoms with E-state index >= 15 is 0 Å². The molecule has 0 saturated heterocycles. The molecule has 1 rings (SSSR count). The summed E-state index contributed by atoms with van der Waals surface area (Å²) in [6.45, 7) is 4.88. The van der Waals surface area contributed by atoms with Gasteiger partial charge < -0.3 is 10.4 Å². The number of nitrogens with one attached hydrogen (secondary N) is 1. The number of carboxylic acid groups (broad SMARTS) is 1. The minimum atomic E-state index is -4.59. The van der Waals surface area contributed by atoms with E-state index < -0.39 is 34.9 Å². The smallest absolute Gasteiger partial charge is 0.408 e. The Kier molecular flexibility index (Phi) is 3.89. The molecule has 1 atom stereocenters. The van der Waals surface area contributed by atoms with Gasteiger partial charge in [0.2, 0.25) is 5.91 Å². The van der Waals surface area contributed by atoms with Gasteiger partial charge >= 0.3 is 12.1 Å². The number of carboxylic acids is 1. The molecule has 110 valence electrons. The minimum absolute atomic E-state index is 0.0915. The van der Waals surface area contributed by atoms with Crippen LogP contribution in [0.15, 0.2) is 0 Å². The molecule has 1 saturated carbocycles. The van der Waals surface area contributed by atoms with E-state index in [1.165, 1.54) is 0 Å². The average Bonchev–Trinajstić information content (AvgIpc) is 2.92. The Hall–Kier alpha value is -1.27. The fraction of sp³-hybridized carbons (Fsp3) is 0.833. The Morgan fingerprint density at radius 3 is 2.00 bits per heavy atom. The van der Waals surface area contributed by atoms with Crippen LogP contribution in [-0.4, -0.2) is 29.2 Å². The number of alkyl halides is 3. The standard InChI is InChI=1S/C12H18F3NO3/c1-10(2,3)6-7(12(13,14)15)16-8(17)11(4-5-11)9(18)19/h7H,4-6H2,1-3H3,(H,16,17)(H,18,19). The lowest BCUT2D eigenvalue weighted by Crippen LogP contribution is -2.51. The first-order valence-corrected chi connectivity index (χ1v) is 6.00. The summed E-state index contributed by atoms with van der Waals surface area (Å²) in [5.74, 6) is -2.40. The van der Waals surface area contributed by atoms with Crippen molar-refractivity contribution >= 4 is 11.9 Å². The van der Waals surface area contributed by atoms with Gasteiger partial charge in [0.15, 0.2) is 0 Å². The molecule has 0 spiro atoms. The topological polar surface area (TPSA) is 66.4 Å². The van der Waals surface area contributed by atoms with Gasteiger partial charge in [0.25, 0.3) is 0 Å². The van der Waals surface area contributed by atoms with Crippen molar-refractivity contribution < 1.29 is 27.9 Å². The highest BCUT2D eigenvalue weighted by atomic mass is 19.4. The summed E-state index contributed by atoms with van der Waals surface area (Å²) in [5.41, 5.74) is -2.28. The van der Waals surface area contributed by atoms with Crippen molar-refractivity contribution in [3.63, 3.8) is 0 Å². The van der Waals surface area contributed by atoms with Gasteiger partial charge in [-0.15, -0.1) is 0 Å². The van der Waals surface area contributed by atoms with E-state index in [1.54, 1.807) is 20.8 Å². The molecule has 0 bridgehead atoms. The number of halogens is 3. The van der Waals surface area contributed by atoms with Gasteiger partial charge in [0.1, 0.15) is 11.5 Å². The zero-order valence-corrected chi connectivity index (χ0v) is 11.1. The Labute approximate surface area is 109 Å². The van der Waals surface area contributed by atoms with Crippen LogP contribution in [0.4, 0.5) is 13.2 Å². The maximum atomic E-state index is 12.9. The lowest BCUT2D eigenvalue weighted by Gasteiger charge is -2.29. The first-order chi connectivity index (χ1) is 8.38. The number of carbonyl (C=O) groups excluding carboxylic acids is 1. The van der Waals surface area contributed by atoms with Crippen LogP contribution in [0.5, 0.6) is 0 Å². The quantitative estimate of drug-likeness (QED) is 0.777. The SMILES string of the molecule is CC(C)(C)CC(NC(=O)C1(C(=O)O)CC1)C(F)(F)F. The molecule has 1 unspecified atom stereocenters. The lowest BCUT2D eigenvalue weighted by molar-refractivity contribution is -0.170. The van der Waals surface area contributed by atoms with E-state index in [4.69, 9.17) is 5.11 Å². The van der Waals surface area contributed by atoms with E-state index in [9.17, 15) is 22.8 Å². The van der Waals surface area contributed by atoms with E-state index in [2.05, 4.69) is 0 Å². The van der Waals surface area contributed by atoms with Crippen molar-refractivity contribution in [2.24, 2.45) is 10.8 Å². The Morgan fingerprint density at radius 2 is 1.74 bits per heavy atom. The summed E-state index contributed by atoms with van der Waals surface area (Å²) >= 11 is 0. The largest absolute Gasteiger partial charge is 0.480 e. The van der Waals surface area contributed by atoms with Gasteiger partial charge in [-0.3, -0.25) is 9.59 Å². The highest BCUT2D eigenvalue weighted by molar-refractivity contribution is 6.04. The summed E-state index contributed by atoms with van der Waals surface area (Å²) < 4.78 is 38.6. The summed E-state index contributed by atoms with van der Waals surface area (Å²) in [6.07, 6.45) is -4.70. The molecular weight excluding hydrogens is 263 g/mol. The molecule has 0 aromatic carbocycles. The fourth-order valence-electron chi connectivity index (χ4n) is 1.82. The third-order valence-electron chi connectivity index (χ3n) is 3.11. The average molecular weight is 281 g/mol. The van der Waals surface area contributed by atoms with E-state index in [0.29, 0.717) is 0 Å². The normalized spacial score (nSPS) is 19.7. The molecule has 1 amide bonds. The Bertz CT molecular complexity index is 381. The third kappa shape index (κ3) is 3.84. The molecule has 1 fully saturated rings. The third-order valence-corrected chi connectivity index (χ3v) is 3.11. The molecule has 0 radical (unpaired) electrons. The second kappa shape index (κ2) is 4.68. The van der Waals surface area contributed by atoms with E-state index in [0.717, 1.165) is 0 Å². The van der Waals surface area contributed by atoms with Crippen LogP contribution in [-0.2, 0) is 9.59 Å². The molecule has 1 aliphatic rings. The number of hydrogen-bond donors (Lipinski definition) is 2. The summed E-state index contributed by atoms with van der Waals surface area (Å²) in [6, 6.07) is -2.02. The highest BCUT2D eigenvalue weighted by Crippen LogP contribution is 2.46. The molecule has 19 heavy (non-hydrogen) atoms. The first-order valence-electron chi connectivity index (χ1n) is 6.00. The van der Waals surface area contributed by atoms with Crippen LogP contribution in [0.2, 0.25) is 0 Å². The van der Waals surface area contributed by atoms with Crippen LogP contribution in [0, 0.1) is 10.8 Å². The summed E-state index contributed by atoms with van der Waals surface area (Å²) in [4.78, 5) is 22.6. The summed E-state index contributed by atoms with van der Waals surface area (Å²) in [7, 11) is 0. The Morgan fingerprint density at radius 1 is 1.26 bits per heavy atom. The first kappa shape index (κ1) is 15.8. The number of amides is 1. The predicted octanol–water partition coefficient (Wildman–Crippen LogP) is 2.33. The van der Waals surface area contributed by atoms with Gasteiger partial charge in [-0.1, -0.05) is 20.8 Å². The second-order valence-electron chi connectivity index (χ2n) is 6.22. The van der Waals surface area contributed by atoms with Gasteiger partial charge in [-0.2, -0.15) is 13.2 Å². The second-order valence-corrected chi connectivity index (χ2v) is 6.22. The van der Waals surface area contributed by atoms with Gasteiger partial charge in [0, 0.05) is 0 Å². The molecule has 2 N–H and O–H groups in total. The van der Waals surface area contributed by atoms with Crippen molar-refractivity contribution in [2.75, 3.05) is 0 Å². The van der Waals surface area contributed by atoms with Gasteiger partial charge in [-0.05, 0) is 24.7 Å². The number of carbonyl (C=O) groups is 2. The zero-order chi connectivity index (χ0) is 15.1. The molecule has 0 aromatic heterocycles. The lowest BCUT2D eigenvalue weighted by atomic mass is 9.87. The van der Waals surface area contributed by atoms with Crippen LogP contribution < -0.4 is 5.32 Å². The van der Waals surface area contributed by atoms with Crippen LogP contribution in [0.25, 0.3) is 0 Å². The molecule has 7 heteroatoms. The number of rotatable bonds is 4. The minimum Gasteiger partial charge on any atom is -0.480 e. The van der Waals surface area contributed by atoms with Crippen LogP contribution in [0.1, 0.15) is 40.0 Å². The van der Waals surface area contributed by atoms with E-state index in [1.807, 2.05) is 5.32 Å². The molecule has 1 aliphatic carbocycles. The van der Waals surface area contributed by atoms with E-state index in [-0.39, 0.29) is 19.3 Å². The van der Waals surface area contributed by atoms with Crippen molar-refractivity contribution in [2.45, 2.75) is 52.3 Å². The maximum absolute atomic E-state index is 12.9. The van der Waals surface area contributed by atoms with Crippen molar-refractivity contribution in [3.05, 3.63) is 0 Å². The fourth-order valence-corrected chi connectivity index (χ4v) is 1.82. The molecule has 0 aliphatic heterocycles. The van der Waals surface area contributed by atoms with Crippen LogP contribution >= 0.6 is 0 Å². The van der Waals surface area contributed by atoms with Crippen molar-refractivity contribution in [3.8, 4) is 0 Å². The van der Waals surface area contributed by atoms with Crippen LogP contribution in [0.3, 0.4) is 0 Å². The van der Waals surface area contributed by atoms with Crippen molar-refractivity contribution in [1.82, 2.24) is 5.32 Å². The predicted molar refractivity (Wildman–Crippen MR) is 61.4 cm³/mol. The van der Waals surface area contributed by atoms with Gasteiger partial charge in [-0.25, -0.2) is 0 Å². The molecule has 0 heterocycles. The summed E-state index contributed by atoms with van der Waals surface area (Å²) in [5, 5.41) is 10.7. The highest BCUT2D eigenvalue weighted by Gasteiger charge is 2.58.